The first-order valence-corrected chi connectivity index (χ1v) is 8.87. The SMILES string of the molecule is O=C(COc1c(-c2ccco2)oc2ccc(Cl)cc2c1=O)Nc1ccc(F)cc1. The second-order valence-electron chi connectivity index (χ2n) is 6.05. The number of benzene rings is 2. The van der Waals surface area contributed by atoms with E-state index in [2.05, 4.69) is 5.32 Å². The topological polar surface area (TPSA) is 81.7 Å². The second kappa shape index (κ2) is 7.81. The van der Waals surface area contributed by atoms with E-state index in [9.17, 15) is 14.0 Å². The highest BCUT2D eigenvalue weighted by atomic mass is 35.5. The number of carbonyl (C=O) groups excluding carboxylic acids is 1. The molecule has 0 aliphatic rings. The molecule has 29 heavy (non-hydrogen) atoms. The molecule has 0 unspecified atom stereocenters. The standard InChI is InChI=1S/C21H13ClFNO5/c22-12-3-8-16-15(10-12)19(26)21(20(29-16)17-2-1-9-27-17)28-11-18(25)24-14-6-4-13(23)5-7-14/h1-10H,11H2,(H,24,25). The van der Waals surface area contributed by atoms with Crippen molar-refractivity contribution in [1.29, 1.82) is 0 Å². The molecule has 0 bridgehead atoms. The minimum Gasteiger partial charge on any atom is -0.476 e. The molecule has 0 saturated heterocycles. The van der Waals surface area contributed by atoms with Crippen molar-refractivity contribution in [2.45, 2.75) is 0 Å². The molecule has 8 heteroatoms. The van der Waals surface area contributed by atoms with Gasteiger partial charge in [0.2, 0.25) is 16.9 Å². The van der Waals surface area contributed by atoms with Crippen LogP contribution >= 0.6 is 11.6 Å². The van der Waals surface area contributed by atoms with Crippen LogP contribution in [-0.4, -0.2) is 12.5 Å². The molecule has 0 fully saturated rings. The maximum atomic E-state index is 13.0. The fourth-order valence-corrected chi connectivity index (χ4v) is 2.89. The van der Waals surface area contributed by atoms with Crippen LogP contribution in [0.1, 0.15) is 0 Å². The summed E-state index contributed by atoms with van der Waals surface area (Å²) in [6.07, 6.45) is 1.42. The van der Waals surface area contributed by atoms with Crippen molar-refractivity contribution in [2.75, 3.05) is 11.9 Å². The van der Waals surface area contributed by atoms with Crippen molar-refractivity contribution in [3.63, 3.8) is 0 Å². The number of fused-ring (bicyclic) bond motifs is 1. The first-order chi connectivity index (χ1) is 14.0. The highest BCUT2D eigenvalue weighted by Crippen LogP contribution is 2.32. The normalized spacial score (nSPS) is 10.8. The number of nitrogens with one attached hydrogen (secondary N) is 1. The molecule has 1 amide bonds. The van der Waals surface area contributed by atoms with Crippen LogP contribution < -0.4 is 15.5 Å². The predicted octanol–water partition coefficient (Wildman–Crippen LogP) is 4.86. The molecule has 146 valence electrons. The molecule has 2 aromatic carbocycles. The summed E-state index contributed by atoms with van der Waals surface area (Å²) in [5, 5.41) is 3.12. The molecule has 4 aromatic rings. The molecule has 2 aromatic heterocycles. The van der Waals surface area contributed by atoms with Crippen molar-refractivity contribution < 1.29 is 22.8 Å². The van der Waals surface area contributed by atoms with Crippen LogP contribution in [0, 0.1) is 5.82 Å². The number of furan rings is 1. The van der Waals surface area contributed by atoms with E-state index in [0.29, 0.717) is 16.3 Å². The van der Waals surface area contributed by atoms with E-state index < -0.39 is 23.8 Å². The van der Waals surface area contributed by atoms with Crippen molar-refractivity contribution >= 4 is 34.2 Å². The number of anilines is 1. The maximum absolute atomic E-state index is 13.0. The van der Waals surface area contributed by atoms with Crippen LogP contribution in [0.4, 0.5) is 10.1 Å². The number of hydrogen-bond donors (Lipinski definition) is 1. The molecule has 4 rings (SSSR count). The predicted molar refractivity (Wildman–Crippen MR) is 106 cm³/mol. The lowest BCUT2D eigenvalue weighted by atomic mass is 10.2. The zero-order valence-electron chi connectivity index (χ0n) is 14.8. The van der Waals surface area contributed by atoms with Gasteiger partial charge in [0.15, 0.2) is 12.4 Å². The molecule has 0 saturated carbocycles. The number of halogens is 2. The molecular weight excluding hydrogens is 401 g/mol. The minimum atomic E-state index is -0.535. The lowest BCUT2D eigenvalue weighted by Crippen LogP contribution is -2.22. The van der Waals surface area contributed by atoms with Gasteiger partial charge in [-0.05, 0) is 54.6 Å². The Labute approximate surface area is 168 Å². The van der Waals surface area contributed by atoms with Gasteiger partial charge >= 0.3 is 0 Å². The molecule has 2 heterocycles. The quantitative estimate of drug-likeness (QED) is 0.505. The third-order valence-corrected chi connectivity index (χ3v) is 4.27. The van der Waals surface area contributed by atoms with E-state index in [4.69, 9.17) is 25.2 Å². The monoisotopic (exact) mass is 413 g/mol. The summed E-state index contributed by atoms with van der Waals surface area (Å²) < 4.78 is 29.6. The van der Waals surface area contributed by atoms with Crippen molar-refractivity contribution in [2.24, 2.45) is 0 Å². The first kappa shape index (κ1) is 18.8. The van der Waals surface area contributed by atoms with Crippen LogP contribution in [0.2, 0.25) is 5.02 Å². The summed E-state index contributed by atoms with van der Waals surface area (Å²) >= 11 is 5.98. The Bertz CT molecular complexity index is 1230. The number of rotatable bonds is 5. The van der Waals surface area contributed by atoms with Crippen molar-refractivity contribution in [1.82, 2.24) is 0 Å². The molecule has 0 aliphatic heterocycles. The van der Waals surface area contributed by atoms with Gasteiger partial charge in [-0.15, -0.1) is 0 Å². The molecule has 0 aliphatic carbocycles. The fourth-order valence-electron chi connectivity index (χ4n) is 2.72. The lowest BCUT2D eigenvalue weighted by Gasteiger charge is -2.11. The van der Waals surface area contributed by atoms with E-state index in [1.165, 1.54) is 36.6 Å². The molecule has 0 atom stereocenters. The summed E-state index contributed by atoms with van der Waals surface area (Å²) in [5.74, 6) is -0.802. The highest BCUT2D eigenvalue weighted by Gasteiger charge is 2.21. The number of hydrogen-bond acceptors (Lipinski definition) is 5. The lowest BCUT2D eigenvalue weighted by molar-refractivity contribution is -0.118. The number of ether oxygens (including phenoxy) is 1. The van der Waals surface area contributed by atoms with Gasteiger partial charge in [0.1, 0.15) is 11.4 Å². The van der Waals surface area contributed by atoms with E-state index in [-0.39, 0.29) is 22.7 Å². The van der Waals surface area contributed by atoms with Gasteiger partial charge in [-0.3, -0.25) is 9.59 Å². The number of amides is 1. The van der Waals surface area contributed by atoms with Crippen LogP contribution in [0.3, 0.4) is 0 Å². The van der Waals surface area contributed by atoms with Gasteiger partial charge < -0.3 is 18.9 Å². The van der Waals surface area contributed by atoms with Crippen LogP contribution in [0.5, 0.6) is 5.75 Å². The summed E-state index contributed by atoms with van der Waals surface area (Å²) in [7, 11) is 0. The van der Waals surface area contributed by atoms with Crippen LogP contribution in [-0.2, 0) is 4.79 Å². The Hall–Kier alpha value is -3.58. The molecule has 6 nitrogen and oxygen atoms in total. The smallest absolute Gasteiger partial charge is 0.262 e. The third kappa shape index (κ3) is 4.00. The summed E-state index contributed by atoms with van der Waals surface area (Å²) in [6.45, 7) is -0.470. The van der Waals surface area contributed by atoms with E-state index in [1.807, 2.05) is 0 Å². The Morgan fingerprint density at radius 1 is 1.14 bits per heavy atom. The fraction of sp³-hybridized carbons (Fsp3) is 0.0476. The Balaban J connectivity index is 1.65. The largest absolute Gasteiger partial charge is 0.476 e. The highest BCUT2D eigenvalue weighted by molar-refractivity contribution is 6.31. The van der Waals surface area contributed by atoms with E-state index >= 15 is 0 Å². The summed E-state index contributed by atoms with van der Waals surface area (Å²) in [6, 6.07) is 13.1. The summed E-state index contributed by atoms with van der Waals surface area (Å²) in [4.78, 5) is 25.1. The van der Waals surface area contributed by atoms with Gasteiger partial charge in [-0.25, -0.2) is 4.39 Å². The Morgan fingerprint density at radius 2 is 1.93 bits per heavy atom. The van der Waals surface area contributed by atoms with Gasteiger partial charge in [-0.1, -0.05) is 11.6 Å². The van der Waals surface area contributed by atoms with Crippen molar-refractivity contribution in [3.05, 3.63) is 81.9 Å². The molecule has 0 radical (unpaired) electrons. The number of carbonyl (C=O) groups is 1. The first-order valence-electron chi connectivity index (χ1n) is 8.50. The van der Waals surface area contributed by atoms with Crippen LogP contribution in [0.15, 0.2) is 74.5 Å². The van der Waals surface area contributed by atoms with E-state index in [1.54, 1.807) is 24.3 Å². The zero-order valence-corrected chi connectivity index (χ0v) is 15.5. The maximum Gasteiger partial charge on any atom is 0.262 e. The van der Waals surface area contributed by atoms with Crippen molar-refractivity contribution in [3.8, 4) is 17.3 Å². The summed E-state index contributed by atoms with van der Waals surface area (Å²) in [5.41, 5.74) is 0.201. The third-order valence-electron chi connectivity index (χ3n) is 4.03. The van der Waals surface area contributed by atoms with Gasteiger partial charge in [0.05, 0.1) is 11.6 Å². The average Bonchev–Trinajstić information content (AvgIpc) is 3.24. The van der Waals surface area contributed by atoms with E-state index in [0.717, 1.165) is 0 Å². The van der Waals surface area contributed by atoms with Crippen LogP contribution in [0.25, 0.3) is 22.5 Å². The zero-order chi connectivity index (χ0) is 20.4. The molecule has 0 spiro atoms. The van der Waals surface area contributed by atoms with Gasteiger partial charge in [0, 0.05) is 10.7 Å². The second-order valence-corrected chi connectivity index (χ2v) is 6.49. The van der Waals surface area contributed by atoms with Gasteiger partial charge in [0.25, 0.3) is 5.91 Å². The minimum absolute atomic E-state index is 0.0596. The molecule has 1 N–H and O–H groups in total. The average molecular weight is 414 g/mol. The van der Waals surface area contributed by atoms with Gasteiger partial charge in [-0.2, -0.15) is 0 Å². The molecular formula is C21H13ClFNO5. The Kier molecular flexibility index (Phi) is 5.05. The Morgan fingerprint density at radius 3 is 2.66 bits per heavy atom.